The minimum atomic E-state index is 0.0774. The van der Waals surface area contributed by atoms with Crippen molar-refractivity contribution in [3.8, 4) is 0 Å². The van der Waals surface area contributed by atoms with Gasteiger partial charge in [0.1, 0.15) is 0 Å². The van der Waals surface area contributed by atoms with Gasteiger partial charge in [-0.2, -0.15) is 0 Å². The number of nitrogens with zero attached hydrogens (tertiary/aromatic N) is 1. The highest BCUT2D eigenvalue weighted by Gasteiger charge is 2.41. The zero-order valence-corrected chi connectivity index (χ0v) is 11.7. The lowest BCUT2D eigenvalue weighted by atomic mass is 9.88. The van der Waals surface area contributed by atoms with E-state index in [4.69, 9.17) is 0 Å². The van der Waals surface area contributed by atoms with Crippen LogP contribution >= 0.6 is 0 Å². The fourth-order valence-corrected chi connectivity index (χ4v) is 4.44. The fourth-order valence-electron chi connectivity index (χ4n) is 4.44. The number of hydrogen-bond acceptors (Lipinski definition) is 2. The van der Waals surface area contributed by atoms with Crippen LogP contribution in [0, 0.1) is 23.7 Å². The average molecular weight is 250 g/mol. The molecule has 1 saturated heterocycles. The molecule has 3 fully saturated rings. The Morgan fingerprint density at radius 2 is 2.11 bits per heavy atom. The van der Waals surface area contributed by atoms with Crippen LogP contribution in [0.3, 0.4) is 0 Å². The fraction of sp³-hybridized carbons (Fsp3) is 0.933. The summed E-state index contributed by atoms with van der Waals surface area (Å²) in [7, 11) is 2.00. The van der Waals surface area contributed by atoms with Gasteiger partial charge in [0.2, 0.25) is 5.91 Å². The van der Waals surface area contributed by atoms with Crippen molar-refractivity contribution in [3.63, 3.8) is 0 Å². The monoisotopic (exact) mass is 250 g/mol. The van der Waals surface area contributed by atoms with E-state index in [9.17, 15) is 4.79 Å². The number of amides is 1. The van der Waals surface area contributed by atoms with Gasteiger partial charge in [0, 0.05) is 13.6 Å². The number of nitrogens with one attached hydrogen (secondary N) is 1. The van der Waals surface area contributed by atoms with Crippen molar-refractivity contribution in [1.82, 2.24) is 10.2 Å². The molecule has 0 aromatic carbocycles. The third-order valence-corrected chi connectivity index (χ3v) is 5.57. The molecule has 1 heterocycles. The van der Waals surface area contributed by atoms with Crippen molar-refractivity contribution >= 4 is 5.91 Å². The normalized spacial score (nSPS) is 42.4. The molecular formula is C15H26N2O. The molecule has 1 amide bonds. The zero-order chi connectivity index (χ0) is 12.7. The molecule has 1 N–H and O–H groups in total. The zero-order valence-electron chi connectivity index (χ0n) is 11.7. The number of hydrogen-bond donors (Lipinski definition) is 1. The van der Waals surface area contributed by atoms with Crippen molar-refractivity contribution in [1.29, 1.82) is 0 Å². The highest BCUT2D eigenvalue weighted by Crippen LogP contribution is 2.48. The van der Waals surface area contributed by atoms with Crippen LogP contribution in [0.4, 0.5) is 0 Å². The molecule has 2 bridgehead atoms. The maximum absolute atomic E-state index is 12.4. The summed E-state index contributed by atoms with van der Waals surface area (Å²) in [6.07, 6.45) is 6.80. The van der Waals surface area contributed by atoms with E-state index < -0.39 is 0 Å². The highest BCUT2D eigenvalue weighted by atomic mass is 16.2. The van der Waals surface area contributed by atoms with Gasteiger partial charge in [0.25, 0.3) is 0 Å². The van der Waals surface area contributed by atoms with E-state index in [1.165, 1.54) is 25.7 Å². The van der Waals surface area contributed by atoms with E-state index in [0.29, 0.717) is 11.8 Å². The first-order valence-corrected chi connectivity index (χ1v) is 7.63. The third kappa shape index (κ3) is 2.18. The lowest BCUT2D eigenvalue weighted by Crippen LogP contribution is -2.46. The molecular weight excluding hydrogens is 224 g/mol. The minimum absolute atomic E-state index is 0.0774. The van der Waals surface area contributed by atoms with Crippen LogP contribution in [-0.2, 0) is 4.79 Å². The molecule has 5 unspecified atom stereocenters. The summed E-state index contributed by atoms with van der Waals surface area (Å²) in [5.74, 6) is 3.50. The van der Waals surface area contributed by atoms with E-state index in [2.05, 4.69) is 12.2 Å². The molecule has 102 valence electrons. The Hall–Kier alpha value is -0.570. The summed E-state index contributed by atoms with van der Waals surface area (Å²) in [5.41, 5.74) is 0. The van der Waals surface area contributed by atoms with Crippen LogP contribution in [0.25, 0.3) is 0 Å². The SMILES string of the molecule is CC1CCNC1C(=O)N(C)CC1CC2CCC1C2. The van der Waals surface area contributed by atoms with Gasteiger partial charge in [-0.05, 0) is 55.9 Å². The Morgan fingerprint density at radius 3 is 2.67 bits per heavy atom. The summed E-state index contributed by atoms with van der Waals surface area (Å²) in [4.78, 5) is 14.4. The Morgan fingerprint density at radius 1 is 1.28 bits per heavy atom. The van der Waals surface area contributed by atoms with Crippen molar-refractivity contribution < 1.29 is 4.79 Å². The molecule has 2 aliphatic carbocycles. The molecule has 0 spiro atoms. The Labute approximate surface area is 110 Å². The van der Waals surface area contributed by atoms with Gasteiger partial charge in [0.05, 0.1) is 6.04 Å². The summed E-state index contributed by atoms with van der Waals surface area (Å²) in [6.45, 7) is 4.18. The second-order valence-electron chi connectivity index (χ2n) is 6.85. The average Bonchev–Trinajstić information content (AvgIpc) is 3.04. The quantitative estimate of drug-likeness (QED) is 0.829. The molecule has 0 radical (unpaired) electrons. The van der Waals surface area contributed by atoms with Crippen LogP contribution in [0.2, 0.25) is 0 Å². The molecule has 0 aromatic heterocycles. The van der Waals surface area contributed by atoms with Crippen LogP contribution in [0.15, 0.2) is 0 Å². The summed E-state index contributed by atoms with van der Waals surface area (Å²) < 4.78 is 0. The lowest BCUT2D eigenvalue weighted by molar-refractivity contribution is -0.133. The molecule has 5 atom stereocenters. The summed E-state index contributed by atoms with van der Waals surface area (Å²) in [5, 5.41) is 3.35. The summed E-state index contributed by atoms with van der Waals surface area (Å²) in [6, 6.07) is 0.0774. The van der Waals surface area contributed by atoms with Crippen molar-refractivity contribution in [2.24, 2.45) is 23.7 Å². The Bertz CT molecular complexity index is 330. The molecule has 3 aliphatic rings. The predicted molar refractivity (Wildman–Crippen MR) is 72.1 cm³/mol. The van der Waals surface area contributed by atoms with Gasteiger partial charge in [-0.25, -0.2) is 0 Å². The summed E-state index contributed by atoms with van der Waals surface area (Å²) >= 11 is 0. The van der Waals surface area contributed by atoms with Gasteiger partial charge in [-0.1, -0.05) is 13.3 Å². The molecule has 1 aliphatic heterocycles. The smallest absolute Gasteiger partial charge is 0.239 e. The molecule has 3 heteroatoms. The van der Waals surface area contributed by atoms with Gasteiger partial charge in [0.15, 0.2) is 0 Å². The van der Waals surface area contributed by atoms with Crippen LogP contribution in [-0.4, -0.2) is 37.0 Å². The van der Waals surface area contributed by atoms with Crippen LogP contribution < -0.4 is 5.32 Å². The second kappa shape index (κ2) is 4.84. The van der Waals surface area contributed by atoms with E-state index in [1.807, 2.05) is 11.9 Å². The maximum atomic E-state index is 12.4. The minimum Gasteiger partial charge on any atom is -0.344 e. The van der Waals surface area contributed by atoms with Gasteiger partial charge >= 0.3 is 0 Å². The van der Waals surface area contributed by atoms with Crippen molar-refractivity contribution in [2.45, 2.75) is 45.1 Å². The number of fused-ring (bicyclic) bond motifs is 2. The first-order valence-electron chi connectivity index (χ1n) is 7.63. The number of rotatable bonds is 3. The maximum Gasteiger partial charge on any atom is 0.239 e. The Kier molecular flexibility index (Phi) is 3.35. The van der Waals surface area contributed by atoms with Crippen LogP contribution in [0.5, 0.6) is 0 Å². The van der Waals surface area contributed by atoms with Gasteiger partial charge < -0.3 is 10.2 Å². The number of likely N-dealkylation sites (N-methyl/N-ethyl adjacent to an activating group) is 1. The molecule has 2 saturated carbocycles. The first-order chi connectivity index (χ1) is 8.65. The first kappa shape index (κ1) is 12.5. The highest BCUT2D eigenvalue weighted by molar-refractivity contribution is 5.82. The Balaban J connectivity index is 1.54. The van der Waals surface area contributed by atoms with Crippen molar-refractivity contribution in [2.75, 3.05) is 20.1 Å². The predicted octanol–water partition coefficient (Wildman–Crippen LogP) is 1.88. The topological polar surface area (TPSA) is 32.3 Å². The van der Waals surface area contributed by atoms with E-state index in [1.54, 1.807) is 0 Å². The second-order valence-corrected chi connectivity index (χ2v) is 6.85. The van der Waals surface area contributed by atoms with Crippen molar-refractivity contribution in [3.05, 3.63) is 0 Å². The van der Waals surface area contributed by atoms with Gasteiger partial charge in [-0.15, -0.1) is 0 Å². The van der Waals surface area contributed by atoms with E-state index in [0.717, 1.165) is 37.3 Å². The molecule has 0 aromatic rings. The lowest BCUT2D eigenvalue weighted by Gasteiger charge is -2.29. The largest absolute Gasteiger partial charge is 0.344 e. The standard InChI is InChI=1S/C15H26N2O/c1-10-5-6-16-14(10)15(18)17(2)9-13-8-11-3-4-12(13)7-11/h10-14,16H,3-9H2,1-2H3. The molecule has 3 rings (SSSR count). The van der Waals surface area contributed by atoms with Crippen LogP contribution in [0.1, 0.15) is 39.0 Å². The number of carbonyl (C=O) groups is 1. The number of carbonyl (C=O) groups excluding carboxylic acids is 1. The third-order valence-electron chi connectivity index (χ3n) is 5.57. The molecule has 18 heavy (non-hydrogen) atoms. The van der Waals surface area contributed by atoms with E-state index in [-0.39, 0.29) is 6.04 Å². The van der Waals surface area contributed by atoms with Gasteiger partial charge in [-0.3, -0.25) is 4.79 Å². The van der Waals surface area contributed by atoms with E-state index >= 15 is 0 Å². The molecule has 3 nitrogen and oxygen atoms in total.